The monoisotopic (exact) mass is 267 g/mol. The van der Waals surface area contributed by atoms with Crippen LogP contribution in [0.25, 0.3) is 22.0 Å². The highest BCUT2D eigenvalue weighted by Gasteiger charge is 2.09. The fraction of sp³-hybridized carbons (Fsp3) is 0.0667. The number of nitrogens with zero attached hydrogens (tertiary/aromatic N) is 2. The third-order valence-electron chi connectivity index (χ3n) is 3.11. The van der Waals surface area contributed by atoms with Gasteiger partial charge in [-0.25, -0.2) is 9.97 Å². The number of nitrogen functional groups attached to an aromatic ring is 1. The molecule has 1 aromatic heterocycles. The number of ether oxygens (including phenoxy) is 1. The molecular weight excluding hydrogens is 254 g/mol. The molecule has 0 saturated carbocycles. The summed E-state index contributed by atoms with van der Waals surface area (Å²) in [5.41, 5.74) is 6.77. The Kier molecular flexibility index (Phi) is 2.87. The fourth-order valence-electron chi connectivity index (χ4n) is 2.12. The van der Waals surface area contributed by atoms with E-state index in [-0.39, 0.29) is 11.7 Å². The first kappa shape index (κ1) is 12.2. The number of aromatic nitrogens is 2. The Balaban J connectivity index is 2.22. The summed E-state index contributed by atoms with van der Waals surface area (Å²) < 4.78 is 5.21. The molecule has 2 aromatic carbocycles. The molecule has 20 heavy (non-hydrogen) atoms. The quantitative estimate of drug-likeness (QED) is 0.745. The zero-order chi connectivity index (χ0) is 14.1. The van der Waals surface area contributed by atoms with Gasteiger partial charge in [-0.2, -0.15) is 0 Å². The van der Waals surface area contributed by atoms with Gasteiger partial charge in [-0.1, -0.05) is 6.07 Å². The summed E-state index contributed by atoms with van der Waals surface area (Å²) in [7, 11) is 1.62. The van der Waals surface area contributed by atoms with Crippen LogP contribution in [0, 0.1) is 0 Å². The molecule has 5 nitrogen and oxygen atoms in total. The van der Waals surface area contributed by atoms with Crippen molar-refractivity contribution in [1.82, 2.24) is 9.97 Å². The molecule has 5 heteroatoms. The Hall–Kier alpha value is -2.82. The molecule has 0 bridgehead atoms. The number of rotatable bonds is 2. The van der Waals surface area contributed by atoms with Crippen molar-refractivity contribution in [3.05, 3.63) is 42.6 Å². The molecule has 3 rings (SSSR count). The third-order valence-corrected chi connectivity index (χ3v) is 3.11. The van der Waals surface area contributed by atoms with Gasteiger partial charge in [-0.05, 0) is 41.1 Å². The number of anilines is 1. The number of nitrogens with two attached hydrogens (primary N) is 1. The fourth-order valence-corrected chi connectivity index (χ4v) is 2.12. The molecule has 3 N–H and O–H groups in total. The summed E-state index contributed by atoms with van der Waals surface area (Å²) in [4.78, 5) is 7.98. The first-order valence-electron chi connectivity index (χ1n) is 6.07. The second-order valence-electron chi connectivity index (χ2n) is 4.38. The number of fused-ring (bicyclic) bond motifs is 1. The summed E-state index contributed by atoms with van der Waals surface area (Å²) in [6, 6.07) is 10.9. The van der Waals surface area contributed by atoms with Gasteiger partial charge in [0, 0.05) is 11.8 Å². The molecule has 0 aliphatic carbocycles. The molecule has 100 valence electrons. The van der Waals surface area contributed by atoms with Crippen LogP contribution in [-0.4, -0.2) is 22.2 Å². The van der Waals surface area contributed by atoms with E-state index in [0.717, 1.165) is 16.5 Å². The Bertz CT molecular complexity index is 787. The second-order valence-corrected chi connectivity index (χ2v) is 4.38. The van der Waals surface area contributed by atoms with Crippen molar-refractivity contribution in [1.29, 1.82) is 0 Å². The van der Waals surface area contributed by atoms with Crippen LogP contribution in [0.4, 0.5) is 5.95 Å². The first-order chi connectivity index (χ1) is 9.67. The van der Waals surface area contributed by atoms with E-state index in [1.807, 2.05) is 24.3 Å². The Morgan fingerprint density at radius 1 is 1.10 bits per heavy atom. The summed E-state index contributed by atoms with van der Waals surface area (Å²) in [6.45, 7) is 0. The maximum absolute atomic E-state index is 10.1. The van der Waals surface area contributed by atoms with Crippen molar-refractivity contribution in [2.24, 2.45) is 0 Å². The van der Waals surface area contributed by atoms with Gasteiger partial charge in [0.25, 0.3) is 0 Å². The van der Waals surface area contributed by atoms with Gasteiger partial charge in [0.2, 0.25) is 5.95 Å². The van der Waals surface area contributed by atoms with Crippen molar-refractivity contribution < 1.29 is 9.84 Å². The molecule has 0 saturated heterocycles. The van der Waals surface area contributed by atoms with Gasteiger partial charge < -0.3 is 15.6 Å². The number of aromatic hydroxyl groups is 1. The van der Waals surface area contributed by atoms with Crippen LogP contribution in [0.15, 0.2) is 42.6 Å². The minimum Gasteiger partial charge on any atom is -0.507 e. The lowest BCUT2D eigenvalue weighted by molar-refractivity contribution is 0.415. The SMILES string of the molecule is COc1ccc2cc(O)c(-c3ccnc(N)n3)cc2c1. The number of phenols is 1. The summed E-state index contributed by atoms with van der Waals surface area (Å²) >= 11 is 0. The van der Waals surface area contributed by atoms with Crippen LogP contribution in [0.2, 0.25) is 0 Å². The van der Waals surface area contributed by atoms with Crippen LogP contribution < -0.4 is 10.5 Å². The lowest BCUT2D eigenvalue weighted by Crippen LogP contribution is -1.95. The molecule has 0 spiro atoms. The number of methoxy groups -OCH3 is 1. The molecule has 0 aliphatic rings. The van der Waals surface area contributed by atoms with E-state index in [1.54, 1.807) is 25.4 Å². The van der Waals surface area contributed by atoms with Gasteiger partial charge in [-0.3, -0.25) is 0 Å². The molecule has 0 unspecified atom stereocenters. The van der Waals surface area contributed by atoms with E-state index in [4.69, 9.17) is 10.5 Å². The molecule has 0 radical (unpaired) electrons. The van der Waals surface area contributed by atoms with Gasteiger partial charge in [-0.15, -0.1) is 0 Å². The first-order valence-corrected chi connectivity index (χ1v) is 6.07. The largest absolute Gasteiger partial charge is 0.507 e. The number of benzene rings is 2. The smallest absolute Gasteiger partial charge is 0.220 e. The highest BCUT2D eigenvalue weighted by molar-refractivity contribution is 5.90. The Morgan fingerprint density at radius 2 is 1.95 bits per heavy atom. The molecule has 0 atom stereocenters. The van der Waals surface area contributed by atoms with Crippen molar-refractivity contribution in [2.75, 3.05) is 12.8 Å². The van der Waals surface area contributed by atoms with Crippen LogP contribution >= 0.6 is 0 Å². The maximum atomic E-state index is 10.1. The minimum absolute atomic E-state index is 0.153. The minimum atomic E-state index is 0.153. The van der Waals surface area contributed by atoms with Crippen LogP contribution in [0.5, 0.6) is 11.5 Å². The molecule has 0 amide bonds. The molecule has 0 fully saturated rings. The van der Waals surface area contributed by atoms with Gasteiger partial charge in [0.1, 0.15) is 11.5 Å². The summed E-state index contributed by atoms with van der Waals surface area (Å²) in [6.07, 6.45) is 1.56. The van der Waals surface area contributed by atoms with Gasteiger partial charge in [0.05, 0.1) is 12.8 Å². The van der Waals surface area contributed by atoms with E-state index in [2.05, 4.69) is 9.97 Å². The molecule has 0 aliphatic heterocycles. The number of hydrogen-bond donors (Lipinski definition) is 2. The predicted octanol–water partition coefficient (Wildman–Crippen LogP) is 2.59. The normalized spacial score (nSPS) is 10.7. The maximum Gasteiger partial charge on any atom is 0.220 e. The van der Waals surface area contributed by atoms with Gasteiger partial charge >= 0.3 is 0 Å². The summed E-state index contributed by atoms with van der Waals surface area (Å²) in [5.74, 6) is 1.09. The van der Waals surface area contributed by atoms with E-state index in [9.17, 15) is 5.11 Å². The third kappa shape index (κ3) is 2.09. The van der Waals surface area contributed by atoms with Crippen molar-refractivity contribution in [3.63, 3.8) is 0 Å². The molecule has 1 heterocycles. The zero-order valence-corrected chi connectivity index (χ0v) is 10.9. The van der Waals surface area contributed by atoms with Crippen molar-refractivity contribution in [3.8, 4) is 22.8 Å². The molecule has 3 aromatic rings. The van der Waals surface area contributed by atoms with Crippen LogP contribution in [0.1, 0.15) is 0 Å². The lowest BCUT2D eigenvalue weighted by Gasteiger charge is -2.08. The number of hydrogen-bond acceptors (Lipinski definition) is 5. The predicted molar refractivity (Wildman–Crippen MR) is 77.6 cm³/mol. The number of phenolic OH excluding ortho intramolecular Hbond substituents is 1. The highest BCUT2D eigenvalue weighted by atomic mass is 16.5. The average molecular weight is 267 g/mol. The second kappa shape index (κ2) is 4.70. The lowest BCUT2D eigenvalue weighted by atomic mass is 10.0. The van der Waals surface area contributed by atoms with E-state index in [1.165, 1.54) is 0 Å². The van der Waals surface area contributed by atoms with E-state index >= 15 is 0 Å². The topological polar surface area (TPSA) is 81.3 Å². The average Bonchev–Trinajstić information content (AvgIpc) is 2.46. The van der Waals surface area contributed by atoms with Crippen LogP contribution in [0.3, 0.4) is 0 Å². The van der Waals surface area contributed by atoms with E-state index in [0.29, 0.717) is 11.3 Å². The van der Waals surface area contributed by atoms with Crippen molar-refractivity contribution >= 4 is 16.7 Å². The summed E-state index contributed by atoms with van der Waals surface area (Å²) in [5, 5.41) is 12.0. The van der Waals surface area contributed by atoms with E-state index < -0.39 is 0 Å². The zero-order valence-electron chi connectivity index (χ0n) is 10.9. The van der Waals surface area contributed by atoms with Crippen LogP contribution in [-0.2, 0) is 0 Å². The van der Waals surface area contributed by atoms with Crippen molar-refractivity contribution in [2.45, 2.75) is 0 Å². The standard InChI is InChI=1S/C15H13N3O2/c1-20-11-3-2-9-8-14(19)12(7-10(9)6-11)13-4-5-17-15(16)18-13/h2-8,19H,1H3,(H2,16,17,18). The molecular formula is C15H13N3O2. The highest BCUT2D eigenvalue weighted by Crippen LogP contribution is 2.33. The Labute approximate surface area is 115 Å². The Morgan fingerprint density at radius 3 is 2.70 bits per heavy atom. The van der Waals surface area contributed by atoms with Gasteiger partial charge in [0.15, 0.2) is 0 Å².